The normalized spacial score (nSPS) is 18.5. The number of nitrogens with zero attached hydrogens (tertiary/aromatic N) is 2. The van der Waals surface area contributed by atoms with E-state index in [-0.39, 0.29) is 0 Å². The molecule has 1 saturated heterocycles. The van der Waals surface area contributed by atoms with Crippen LogP contribution in [-0.4, -0.2) is 24.2 Å². The van der Waals surface area contributed by atoms with Crippen LogP contribution >= 0.6 is 11.8 Å². The predicted octanol–water partition coefficient (Wildman–Crippen LogP) is 2.23. The van der Waals surface area contributed by atoms with E-state index in [1.54, 1.807) is 0 Å². The fraction of sp³-hybridized carbons (Fsp3) is 0.308. The van der Waals surface area contributed by atoms with Crippen LogP contribution < -0.4 is 4.57 Å². The van der Waals surface area contributed by atoms with Crippen molar-refractivity contribution in [2.45, 2.75) is 0 Å². The van der Waals surface area contributed by atoms with Crippen molar-refractivity contribution in [3.63, 3.8) is 0 Å². The summed E-state index contributed by atoms with van der Waals surface area (Å²) in [5, 5.41) is 1.28. The predicted molar refractivity (Wildman–Crippen MR) is 70.5 cm³/mol. The quantitative estimate of drug-likeness (QED) is 0.721. The molecule has 88 valence electrons. The standard InChI is InChI=1S/C13H15N2OS/c1-14-7-8-17-13(14)9-12-15(2)10-5-3-4-6-11(10)16-12/h3-6,9H,7-8H2,1-2H3/q+1. The molecule has 4 heteroatoms. The molecule has 17 heavy (non-hydrogen) atoms. The van der Waals surface area contributed by atoms with Crippen molar-refractivity contribution in [2.75, 3.05) is 19.3 Å². The first kappa shape index (κ1) is 10.7. The zero-order chi connectivity index (χ0) is 11.8. The van der Waals surface area contributed by atoms with E-state index in [1.807, 2.05) is 37.0 Å². The molecule has 0 bridgehead atoms. The minimum Gasteiger partial charge on any atom is -0.398 e. The summed E-state index contributed by atoms with van der Waals surface area (Å²) in [6.45, 7) is 1.11. The number of para-hydroxylation sites is 2. The van der Waals surface area contributed by atoms with E-state index >= 15 is 0 Å². The van der Waals surface area contributed by atoms with Gasteiger partial charge in [-0.25, -0.2) is 0 Å². The maximum atomic E-state index is 5.86. The van der Waals surface area contributed by atoms with Crippen LogP contribution in [0, 0.1) is 0 Å². The third-order valence-corrected chi connectivity index (χ3v) is 4.18. The van der Waals surface area contributed by atoms with Crippen LogP contribution in [-0.2, 0) is 7.05 Å². The molecule has 2 aromatic rings. The lowest BCUT2D eigenvalue weighted by atomic mass is 10.3. The number of hydrogen-bond acceptors (Lipinski definition) is 3. The molecule has 1 fully saturated rings. The molecular weight excluding hydrogens is 232 g/mol. The van der Waals surface area contributed by atoms with Crippen molar-refractivity contribution in [3.05, 3.63) is 35.2 Å². The SMILES string of the molecule is CN1CCS/C1=C\c1oc2ccccc2[n+]1C. The van der Waals surface area contributed by atoms with Gasteiger partial charge >= 0.3 is 5.89 Å². The highest BCUT2D eigenvalue weighted by Gasteiger charge is 2.20. The van der Waals surface area contributed by atoms with Gasteiger partial charge in [0.1, 0.15) is 7.05 Å². The first-order chi connectivity index (χ1) is 8.25. The summed E-state index contributed by atoms with van der Waals surface area (Å²) in [7, 11) is 4.16. The number of aromatic nitrogens is 1. The Kier molecular flexibility index (Phi) is 2.59. The van der Waals surface area contributed by atoms with E-state index in [9.17, 15) is 0 Å². The van der Waals surface area contributed by atoms with Crippen molar-refractivity contribution < 1.29 is 8.98 Å². The summed E-state index contributed by atoms with van der Waals surface area (Å²) >= 11 is 1.88. The van der Waals surface area contributed by atoms with Crippen molar-refractivity contribution in [1.82, 2.24) is 4.90 Å². The molecule has 0 amide bonds. The van der Waals surface area contributed by atoms with E-state index in [0.717, 1.165) is 29.3 Å². The van der Waals surface area contributed by atoms with Crippen LogP contribution in [0.5, 0.6) is 0 Å². The average molecular weight is 247 g/mol. The summed E-state index contributed by atoms with van der Waals surface area (Å²) < 4.78 is 7.95. The lowest BCUT2D eigenvalue weighted by Gasteiger charge is -2.08. The Hall–Kier alpha value is -1.42. The molecule has 0 N–H and O–H groups in total. The fourth-order valence-corrected chi connectivity index (χ4v) is 3.08. The van der Waals surface area contributed by atoms with Crippen molar-refractivity contribution in [2.24, 2.45) is 7.05 Å². The Balaban J connectivity index is 2.09. The monoisotopic (exact) mass is 247 g/mol. The molecule has 0 saturated carbocycles. The molecule has 1 aromatic heterocycles. The number of thioether (sulfide) groups is 1. The maximum absolute atomic E-state index is 5.86. The van der Waals surface area contributed by atoms with Crippen molar-refractivity contribution in [3.8, 4) is 0 Å². The van der Waals surface area contributed by atoms with Gasteiger partial charge in [-0.1, -0.05) is 12.1 Å². The molecule has 0 aliphatic carbocycles. The van der Waals surface area contributed by atoms with Gasteiger partial charge in [-0.05, 0) is 6.07 Å². The minimum absolute atomic E-state index is 0.905. The fourth-order valence-electron chi connectivity index (χ4n) is 2.01. The van der Waals surface area contributed by atoms with Gasteiger partial charge in [0.2, 0.25) is 5.58 Å². The van der Waals surface area contributed by atoms with Gasteiger partial charge in [-0.3, -0.25) is 0 Å². The summed E-state index contributed by atoms with van der Waals surface area (Å²) in [5.41, 5.74) is 2.07. The summed E-state index contributed by atoms with van der Waals surface area (Å²) in [5.74, 6) is 2.06. The number of aryl methyl sites for hydroxylation is 1. The van der Waals surface area contributed by atoms with E-state index in [0.29, 0.717) is 0 Å². The smallest absolute Gasteiger partial charge is 0.376 e. The summed E-state index contributed by atoms with van der Waals surface area (Å²) in [6.07, 6.45) is 2.12. The Morgan fingerprint density at radius 1 is 1.41 bits per heavy atom. The van der Waals surface area contributed by atoms with Gasteiger partial charge in [-0.2, -0.15) is 4.57 Å². The highest BCUT2D eigenvalue weighted by atomic mass is 32.2. The van der Waals surface area contributed by atoms with Crippen molar-refractivity contribution in [1.29, 1.82) is 0 Å². The second-order valence-electron chi connectivity index (χ2n) is 4.22. The number of hydrogen-bond donors (Lipinski definition) is 0. The summed E-state index contributed by atoms with van der Waals surface area (Å²) in [6, 6.07) is 8.11. The van der Waals surface area contributed by atoms with Crippen LogP contribution in [0.4, 0.5) is 0 Å². The summed E-state index contributed by atoms with van der Waals surface area (Å²) in [4.78, 5) is 2.26. The van der Waals surface area contributed by atoms with Gasteiger partial charge in [0, 0.05) is 25.4 Å². The molecule has 1 aliphatic rings. The van der Waals surface area contributed by atoms with Gasteiger partial charge in [0.25, 0.3) is 5.52 Å². The highest BCUT2D eigenvalue weighted by Crippen LogP contribution is 2.28. The highest BCUT2D eigenvalue weighted by molar-refractivity contribution is 8.03. The van der Waals surface area contributed by atoms with Gasteiger partial charge in [0.15, 0.2) is 0 Å². The average Bonchev–Trinajstić information content (AvgIpc) is 2.87. The van der Waals surface area contributed by atoms with Crippen LogP contribution in [0.15, 0.2) is 33.7 Å². The molecule has 2 heterocycles. The molecule has 3 rings (SSSR count). The zero-order valence-corrected chi connectivity index (χ0v) is 10.8. The van der Waals surface area contributed by atoms with Crippen LogP contribution in [0.1, 0.15) is 5.89 Å². The Labute approximate surface area is 105 Å². The first-order valence-electron chi connectivity index (χ1n) is 5.69. The van der Waals surface area contributed by atoms with E-state index in [2.05, 4.69) is 28.7 Å². The lowest BCUT2D eigenvalue weighted by molar-refractivity contribution is -0.652. The number of benzene rings is 1. The third kappa shape index (κ3) is 1.82. The molecule has 1 aliphatic heterocycles. The molecule has 0 spiro atoms. The molecule has 0 radical (unpaired) electrons. The van der Waals surface area contributed by atoms with E-state index < -0.39 is 0 Å². The minimum atomic E-state index is 0.905. The molecule has 1 aromatic carbocycles. The molecule has 0 atom stereocenters. The van der Waals surface area contributed by atoms with Crippen LogP contribution in [0.25, 0.3) is 17.2 Å². The topological polar surface area (TPSA) is 20.3 Å². The van der Waals surface area contributed by atoms with E-state index in [4.69, 9.17) is 4.42 Å². The van der Waals surface area contributed by atoms with Crippen LogP contribution in [0.2, 0.25) is 0 Å². The number of fused-ring (bicyclic) bond motifs is 1. The number of oxazole rings is 1. The Bertz CT molecular complexity index is 588. The Morgan fingerprint density at radius 3 is 2.94 bits per heavy atom. The molecule has 3 nitrogen and oxygen atoms in total. The molecular formula is C13H15N2OS+. The Morgan fingerprint density at radius 2 is 2.24 bits per heavy atom. The van der Waals surface area contributed by atoms with Gasteiger partial charge in [0.05, 0.1) is 11.1 Å². The number of rotatable bonds is 1. The second kappa shape index (κ2) is 4.11. The van der Waals surface area contributed by atoms with E-state index in [1.165, 1.54) is 5.03 Å². The largest absolute Gasteiger partial charge is 0.398 e. The second-order valence-corrected chi connectivity index (χ2v) is 5.33. The zero-order valence-electron chi connectivity index (χ0n) is 10.0. The third-order valence-electron chi connectivity index (χ3n) is 3.07. The molecule has 0 unspecified atom stereocenters. The first-order valence-corrected chi connectivity index (χ1v) is 6.67. The van der Waals surface area contributed by atoms with Gasteiger partial charge in [-0.15, -0.1) is 11.8 Å². The van der Waals surface area contributed by atoms with Crippen molar-refractivity contribution >= 4 is 28.9 Å². The lowest BCUT2D eigenvalue weighted by Crippen LogP contribution is -2.29. The maximum Gasteiger partial charge on any atom is 0.376 e. The van der Waals surface area contributed by atoms with Crippen LogP contribution in [0.3, 0.4) is 0 Å². The van der Waals surface area contributed by atoms with Gasteiger partial charge < -0.3 is 9.32 Å².